The molecule has 0 saturated carbocycles. The highest BCUT2D eigenvalue weighted by atomic mass is 16.1. The number of hydrogen-bond donors (Lipinski definition) is 1. The van der Waals surface area contributed by atoms with Gasteiger partial charge in [0.05, 0.1) is 11.7 Å². The first-order chi connectivity index (χ1) is 13.3. The van der Waals surface area contributed by atoms with Gasteiger partial charge in [0.1, 0.15) is 5.39 Å². The van der Waals surface area contributed by atoms with Crippen LogP contribution >= 0.6 is 0 Å². The Kier molecular flexibility index (Phi) is 4.52. The Hall–Kier alpha value is -2.97. The number of anilines is 2. The molecule has 4 heterocycles. The van der Waals surface area contributed by atoms with E-state index in [4.69, 9.17) is 4.98 Å². The van der Waals surface area contributed by atoms with Crippen molar-refractivity contribution in [1.82, 2.24) is 29.9 Å². The van der Waals surface area contributed by atoms with Crippen LogP contribution in [0.2, 0.25) is 0 Å². The standard InChI is InChI=1S/C19H26N8O/c1-19(2,3)27-16-14(11-21-27)17(28)23-18(22-16)25(4)13-7-6-10-26(12-13)15-8-5-9-20-24-15/h5,8-9,11,13H,6-7,10,12H2,1-4H3,(H,22,23,28). The van der Waals surface area contributed by atoms with Gasteiger partial charge in [-0.05, 0) is 45.7 Å². The number of H-pyrrole nitrogens is 1. The van der Waals surface area contributed by atoms with E-state index in [2.05, 4.69) is 30.1 Å². The minimum absolute atomic E-state index is 0.163. The van der Waals surface area contributed by atoms with Crippen LogP contribution in [0.5, 0.6) is 0 Å². The molecule has 9 heteroatoms. The van der Waals surface area contributed by atoms with Crippen molar-refractivity contribution in [1.29, 1.82) is 0 Å². The molecular formula is C19H26N8O. The summed E-state index contributed by atoms with van der Waals surface area (Å²) < 4.78 is 1.81. The van der Waals surface area contributed by atoms with Gasteiger partial charge in [-0.15, -0.1) is 5.10 Å². The molecule has 1 atom stereocenters. The highest BCUT2D eigenvalue weighted by molar-refractivity contribution is 5.74. The Morgan fingerprint density at radius 2 is 2.14 bits per heavy atom. The molecule has 1 aliphatic heterocycles. The molecule has 1 fully saturated rings. The molecule has 148 valence electrons. The molecule has 3 aromatic heterocycles. The van der Waals surface area contributed by atoms with Gasteiger partial charge in [-0.3, -0.25) is 9.78 Å². The molecule has 0 radical (unpaired) electrons. The SMILES string of the molecule is CN(c1nc2c(cnn2C(C)(C)C)c(=O)[nH]1)C1CCCN(c2cccnn2)C1. The van der Waals surface area contributed by atoms with Crippen LogP contribution < -0.4 is 15.4 Å². The maximum Gasteiger partial charge on any atom is 0.263 e. The fourth-order valence-corrected chi connectivity index (χ4v) is 3.68. The van der Waals surface area contributed by atoms with Crippen LogP contribution in [0.15, 0.2) is 29.3 Å². The molecule has 1 unspecified atom stereocenters. The Bertz CT molecular complexity index is 1020. The maximum atomic E-state index is 12.6. The molecule has 1 aliphatic rings. The number of fused-ring (bicyclic) bond motifs is 1. The van der Waals surface area contributed by atoms with Crippen molar-refractivity contribution >= 4 is 22.8 Å². The topological polar surface area (TPSA) is 95.8 Å². The number of hydrogen-bond acceptors (Lipinski definition) is 7. The van der Waals surface area contributed by atoms with Crippen molar-refractivity contribution in [3.05, 3.63) is 34.9 Å². The first-order valence-corrected chi connectivity index (χ1v) is 9.58. The summed E-state index contributed by atoms with van der Waals surface area (Å²) in [6.07, 6.45) is 5.33. The number of rotatable bonds is 3. The predicted molar refractivity (Wildman–Crippen MR) is 109 cm³/mol. The van der Waals surface area contributed by atoms with Crippen LogP contribution in [0.1, 0.15) is 33.6 Å². The van der Waals surface area contributed by atoms with Gasteiger partial charge < -0.3 is 9.80 Å². The van der Waals surface area contributed by atoms with Gasteiger partial charge in [0, 0.05) is 32.4 Å². The van der Waals surface area contributed by atoms with Crippen molar-refractivity contribution in [2.24, 2.45) is 0 Å². The number of nitrogens with one attached hydrogen (secondary N) is 1. The molecule has 28 heavy (non-hydrogen) atoms. The first-order valence-electron chi connectivity index (χ1n) is 9.58. The molecule has 4 rings (SSSR count). The Morgan fingerprint density at radius 1 is 1.32 bits per heavy atom. The molecule has 0 amide bonds. The molecule has 3 aromatic rings. The Labute approximate surface area is 163 Å². The molecule has 0 aliphatic carbocycles. The number of aromatic amines is 1. The second-order valence-corrected chi connectivity index (χ2v) is 8.29. The molecule has 1 N–H and O–H groups in total. The van der Waals surface area contributed by atoms with Gasteiger partial charge in [0.15, 0.2) is 11.5 Å². The zero-order chi connectivity index (χ0) is 19.9. The van der Waals surface area contributed by atoms with Crippen LogP contribution in [0.4, 0.5) is 11.8 Å². The lowest BCUT2D eigenvalue weighted by atomic mass is 10.0. The lowest BCUT2D eigenvalue weighted by Crippen LogP contribution is -2.47. The quantitative estimate of drug-likeness (QED) is 0.737. The third-order valence-electron chi connectivity index (χ3n) is 5.22. The zero-order valence-electron chi connectivity index (χ0n) is 16.8. The van der Waals surface area contributed by atoms with E-state index in [1.165, 1.54) is 0 Å². The molecule has 9 nitrogen and oxygen atoms in total. The summed E-state index contributed by atoms with van der Waals surface area (Å²) in [6.45, 7) is 7.89. The third-order valence-corrected chi connectivity index (χ3v) is 5.22. The van der Waals surface area contributed by atoms with E-state index in [9.17, 15) is 4.79 Å². The van der Waals surface area contributed by atoms with Gasteiger partial charge in [0.25, 0.3) is 5.56 Å². The normalized spacial score (nSPS) is 17.9. The van der Waals surface area contributed by atoms with Gasteiger partial charge in [-0.25, -0.2) is 4.68 Å². The third kappa shape index (κ3) is 3.32. The van der Waals surface area contributed by atoms with Crippen LogP contribution in [-0.4, -0.2) is 56.1 Å². The second kappa shape index (κ2) is 6.88. The van der Waals surface area contributed by atoms with Crippen molar-refractivity contribution in [2.75, 3.05) is 29.9 Å². The van der Waals surface area contributed by atoms with E-state index in [0.717, 1.165) is 31.7 Å². The fourth-order valence-electron chi connectivity index (χ4n) is 3.68. The van der Waals surface area contributed by atoms with E-state index in [1.807, 2.05) is 44.6 Å². The largest absolute Gasteiger partial charge is 0.353 e. The van der Waals surface area contributed by atoms with Crippen molar-refractivity contribution < 1.29 is 0 Å². The Morgan fingerprint density at radius 3 is 2.86 bits per heavy atom. The molecule has 0 bridgehead atoms. The average Bonchev–Trinajstić information content (AvgIpc) is 3.13. The molecule has 0 aromatic carbocycles. The maximum absolute atomic E-state index is 12.6. The summed E-state index contributed by atoms with van der Waals surface area (Å²) in [5, 5.41) is 13.1. The van der Waals surface area contributed by atoms with Crippen LogP contribution in [0.3, 0.4) is 0 Å². The second-order valence-electron chi connectivity index (χ2n) is 8.29. The lowest BCUT2D eigenvalue weighted by molar-refractivity contribution is 0.365. The van der Waals surface area contributed by atoms with Crippen LogP contribution in [0.25, 0.3) is 11.0 Å². The van der Waals surface area contributed by atoms with Crippen molar-refractivity contribution in [2.45, 2.75) is 45.2 Å². The highest BCUT2D eigenvalue weighted by Crippen LogP contribution is 2.23. The summed E-state index contributed by atoms with van der Waals surface area (Å²) in [7, 11) is 1.98. The number of piperidine rings is 1. The van der Waals surface area contributed by atoms with Crippen LogP contribution in [-0.2, 0) is 5.54 Å². The molecular weight excluding hydrogens is 356 g/mol. The first kappa shape index (κ1) is 18.4. The molecule has 1 saturated heterocycles. The van der Waals surface area contributed by atoms with Crippen molar-refractivity contribution in [3.63, 3.8) is 0 Å². The van der Waals surface area contributed by atoms with Gasteiger partial charge in [-0.1, -0.05) is 0 Å². The number of nitrogens with zero attached hydrogens (tertiary/aromatic N) is 7. The van der Waals surface area contributed by atoms with E-state index in [1.54, 1.807) is 12.4 Å². The van der Waals surface area contributed by atoms with Gasteiger partial charge in [0.2, 0.25) is 5.95 Å². The number of aromatic nitrogens is 6. The lowest BCUT2D eigenvalue weighted by Gasteiger charge is -2.38. The summed E-state index contributed by atoms with van der Waals surface area (Å²) >= 11 is 0. The number of likely N-dealkylation sites (N-methyl/N-ethyl adjacent to an activating group) is 1. The van der Waals surface area contributed by atoms with Gasteiger partial charge >= 0.3 is 0 Å². The summed E-state index contributed by atoms with van der Waals surface area (Å²) in [6, 6.07) is 4.09. The minimum atomic E-state index is -0.258. The summed E-state index contributed by atoms with van der Waals surface area (Å²) in [5.41, 5.74) is 0.190. The average molecular weight is 382 g/mol. The van der Waals surface area contributed by atoms with Gasteiger partial charge in [-0.2, -0.15) is 15.2 Å². The predicted octanol–water partition coefficient (Wildman–Crippen LogP) is 1.77. The van der Waals surface area contributed by atoms with E-state index in [0.29, 0.717) is 17.0 Å². The van der Waals surface area contributed by atoms with E-state index >= 15 is 0 Å². The summed E-state index contributed by atoms with van der Waals surface area (Å²) in [4.78, 5) is 24.6. The minimum Gasteiger partial charge on any atom is -0.353 e. The monoisotopic (exact) mass is 382 g/mol. The zero-order valence-corrected chi connectivity index (χ0v) is 16.8. The van der Waals surface area contributed by atoms with E-state index in [-0.39, 0.29) is 17.1 Å². The Balaban J connectivity index is 1.65. The molecule has 0 spiro atoms. The van der Waals surface area contributed by atoms with Crippen molar-refractivity contribution in [3.8, 4) is 0 Å². The van der Waals surface area contributed by atoms with E-state index < -0.39 is 0 Å². The smallest absolute Gasteiger partial charge is 0.263 e. The highest BCUT2D eigenvalue weighted by Gasteiger charge is 2.27. The van der Waals surface area contributed by atoms with Crippen LogP contribution in [0, 0.1) is 0 Å². The fraction of sp³-hybridized carbons (Fsp3) is 0.526. The summed E-state index contributed by atoms with van der Waals surface area (Å²) in [5.74, 6) is 1.44.